The maximum Gasteiger partial charge on any atom is 0.0275 e. The van der Waals surface area contributed by atoms with E-state index in [1.807, 2.05) is 14.1 Å². The molecule has 2 nitrogen and oxygen atoms in total. The molecule has 0 aromatic carbocycles. The molecule has 0 heterocycles. The monoisotopic (exact) mass is 1050 g/mol. The van der Waals surface area contributed by atoms with E-state index in [1.54, 1.807) is 5.92 Å². The van der Waals surface area contributed by atoms with Crippen molar-refractivity contribution < 1.29 is 42.1 Å². The van der Waals surface area contributed by atoms with Gasteiger partial charge in [0.05, 0.1) is 0 Å². The minimum atomic E-state index is 0. The van der Waals surface area contributed by atoms with E-state index in [9.17, 15) is 0 Å². The van der Waals surface area contributed by atoms with Crippen molar-refractivity contribution in [3.63, 3.8) is 0 Å². The third kappa shape index (κ3) is 14.4. The van der Waals surface area contributed by atoms with E-state index in [4.69, 9.17) is 0 Å². The number of aliphatic imine (C=N–C) groups is 2. The van der Waals surface area contributed by atoms with E-state index in [2.05, 4.69) is 74.1 Å². The quantitative estimate of drug-likeness (QED) is 0.202. The van der Waals surface area contributed by atoms with Gasteiger partial charge in [-0.15, -0.1) is 42.0 Å². The molecule has 1 unspecified atom stereocenters. The van der Waals surface area contributed by atoms with Gasteiger partial charge in [-0.2, -0.15) is 12.8 Å². The predicted octanol–water partition coefficient (Wildman–Crippen LogP) is 8.02. The molecule has 0 amide bonds. The Balaban J connectivity index is -0.000000164. The van der Waals surface area contributed by atoms with Crippen LogP contribution in [-0.2, 0) is 42.1 Å². The molecule has 7 heteroatoms. The average Bonchev–Trinajstić information content (AvgIpc) is 3.28. The summed E-state index contributed by atoms with van der Waals surface area (Å²) in [5.41, 5.74) is 4.10. The van der Waals surface area contributed by atoms with Gasteiger partial charge in [0, 0.05) is 93.5 Å². The zero-order chi connectivity index (χ0) is 18.4. The Bertz CT molecular complexity index is 423. The van der Waals surface area contributed by atoms with Crippen LogP contribution in [0.1, 0.15) is 78.6 Å². The molecular weight excluding hydrogens is 1020 g/mol. The van der Waals surface area contributed by atoms with Gasteiger partial charge in [-0.3, -0.25) is 11.1 Å². The fourth-order valence-electron chi connectivity index (χ4n) is 3.66. The van der Waals surface area contributed by atoms with Gasteiger partial charge in [0.2, 0.25) is 0 Å². The van der Waals surface area contributed by atoms with E-state index in [-0.39, 0.29) is 66.1 Å². The zero-order valence-electron chi connectivity index (χ0n) is 17.3. The first-order valence-electron chi connectivity index (χ1n) is 9.21. The summed E-state index contributed by atoms with van der Waals surface area (Å²) in [5, 5.41) is 0. The van der Waals surface area contributed by atoms with Crippen LogP contribution in [0.25, 0.3) is 0 Å². The topological polar surface area (TPSA) is 24.7 Å². The Morgan fingerprint density at radius 3 is 2.00 bits per heavy atom. The van der Waals surface area contributed by atoms with Gasteiger partial charge in [0.25, 0.3) is 0 Å². The molecule has 2 fully saturated rings. The minimum Gasteiger partial charge on any atom is -0.386 e. The second-order valence-corrected chi connectivity index (χ2v) is 6.06. The molecular formula is C20H35I3N2W2-2. The molecule has 0 spiro atoms. The zero-order valence-corrected chi connectivity index (χ0v) is 29.8. The van der Waals surface area contributed by atoms with Gasteiger partial charge in [0.1, 0.15) is 0 Å². The summed E-state index contributed by atoms with van der Waals surface area (Å²) in [7, 11) is 3.81. The van der Waals surface area contributed by atoms with Crippen LogP contribution in [0.4, 0.5) is 0 Å². The van der Waals surface area contributed by atoms with Gasteiger partial charge in [-0.05, 0) is 18.6 Å². The summed E-state index contributed by atoms with van der Waals surface area (Å²) in [5.74, 6) is 2.44. The number of hydrogen-bond acceptors (Lipinski definition) is 2. The van der Waals surface area contributed by atoms with E-state index in [0.29, 0.717) is 0 Å². The molecule has 0 radical (unpaired) electrons. The van der Waals surface area contributed by atoms with Gasteiger partial charge in [0.15, 0.2) is 0 Å². The largest absolute Gasteiger partial charge is 0.386 e. The van der Waals surface area contributed by atoms with Crippen molar-refractivity contribution in [2.45, 2.75) is 78.6 Å². The van der Waals surface area contributed by atoms with Crippen LogP contribution in [0.3, 0.4) is 0 Å². The SMILES string of the molecule is CC[C-](CC)C1CCCC1=NC.CC[C-]=C1CCCC1=NC.I.II.[W].[W]. The van der Waals surface area contributed by atoms with Crippen molar-refractivity contribution in [3.8, 4) is 0 Å². The smallest absolute Gasteiger partial charge is 0.0275 e. The molecule has 1 atom stereocenters. The average molecular weight is 1050 g/mol. The van der Waals surface area contributed by atoms with E-state index in [0.717, 1.165) is 12.3 Å². The van der Waals surface area contributed by atoms with Crippen LogP contribution >= 0.6 is 61.2 Å². The molecule has 0 aromatic rings. The fraction of sp³-hybridized carbons (Fsp3) is 0.750. The van der Waals surface area contributed by atoms with Crippen LogP contribution in [0.2, 0.25) is 0 Å². The van der Waals surface area contributed by atoms with Crippen LogP contribution in [0.5, 0.6) is 0 Å². The van der Waals surface area contributed by atoms with Crippen molar-refractivity contribution in [2.24, 2.45) is 15.9 Å². The summed E-state index contributed by atoms with van der Waals surface area (Å²) in [4.78, 5) is 8.59. The summed E-state index contributed by atoms with van der Waals surface area (Å²) in [6, 6.07) is 0. The number of rotatable bonds is 4. The van der Waals surface area contributed by atoms with Crippen molar-refractivity contribution in [2.75, 3.05) is 14.1 Å². The van der Waals surface area contributed by atoms with Crippen LogP contribution in [0, 0.1) is 17.9 Å². The third-order valence-corrected chi connectivity index (χ3v) is 4.87. The summed E-state index contributed by atoms with van der Waals surface area (Å²) in [6.45, 7) is 6.66. The molecule has 0 aromatic heterocycles. The Hall–Kier alpha value is 2.65. The first kappa shape index (κ1) is 37.0. The predicted molar refractivity (Wildman–Crippen MR) is 142 cm³/mol. The van der Waals surface area contributed by atoms with E-state index in [1.165, 1.54) is 68.4 Å². The second kappa shape index (κ2) is 24.9. The van der Waals surface area contributed by atoms with Crippen molar-refractivity contribution in [1.29, 1.82) is 0 Å². The second-order valence-electron chi connectivity index (χ2n) is 6.06. The molecule has 0 bridgehead atoms. The normalized spacial score (nSPS) is 22.2. The van der Waals surface area contributed by atoms with Crippen LogP contribution < -0.4 is 0 Å². The van der Waals surface area contributed by atoms with Crippen LogP contribution in [0.15, 0.2) is 15.6 Å². The number of allylic oxidation sites excluding steroid dienone is 2. The summed E-state index contributed by atoms with van der Waals surface area (Å²) >= 11 is 4.24. The molecule has 0 saturated heterocycles. The number of hydrogen-bond donors (Lipinski definition) is 0. The van der Waals surface area contributed by atoms with Crippen molar-refractivity contribution in [1.82, 2.24) is 0 Å². The van der Waals surface area contributed by atoms with Crippen molar-refractivity contribution >= 4 is 72.6 Å². The van der Waals surface area contributed by atoms with E-state index >= 15 is 0 Å². The maximum atomic E-state index is 4.38. The van der Waals surface area contributed by atoms with Crippen LogP contribution in [-0.4, -0.2) is 25.5 Å². The number of halogens is 3. The Kier molecular flexibility index (Phi) is 34.1. The standard InChI is InChI=1S/C11H20N.C9H14N.I2.HI.2W/c1-4-9(5-2)10-7-6-8-11(10)12-3;1-3-5-8-6-4-7-9(8)10-2;1-2;;;/h10H,4-8H2,1-3H3;3-4,6-7H2,1-2H3;;1H;;/q2*-1;;;;. The fourth-order valence-corrected chi connectivity index (χ4v) is 3.66. The van der Waals surface area contributed by atoms with Gasteiger partial charge >= 0.3 is 0 Å². The molecule has 2 aliphatic carbocycles. The minimum absolute atomic E-state index is 0. The molecule has 2 saturated carbocycles. The van der Waals surface area contributed by atoms with Crippen molar-refractivity contribution in [3.05, 3.63) is 17.6 Å². The first-order chi connectivity index (χ1) is 11.7. The molecule has 160 valence electrons. The van der Waals surface area contributed by atoms with Gasteiger partial charge < -0.3 is 10.9 Å². The third-order valence-electron chi connectivity index (χ3n) is 4.87. The van der Waals surface area contributed by atoms with Gasteiger partial charge in [-0.1, -0.05) is 46.5 Å². The maximum absolute atomic E-state index is 4.38. The Morgan fingerprint density at radius 2 is 1.56 bits per heavy atom. The summed E-state index contributed by atoms with van der Waals surface area (Å²) in [6.07, 6.45) is 14.4. The number of nitrogens with zero attached hydrogens (tertiary/aromatic N) is 2. The molecule has 27 heavy (non-hydrogen) atoms. The molecule has 0 N–H and O–H groups in total. The Labute approximate surface area is 237 Å². The van der Waals surface area contributed by atoms with E-state index < -0.39 is 0 Å². The first-order valence-corrected chi connectivity index (χ1v) is 15.5. The molecule has 0 aliphatic heterocycles. The Morgan fingerprint density at radius 1 is 0.963 bits per heavy atom. The van der Waals surface area contributed by atoms with Gasteiger partial charge in [-0.25, -0.2) is 5.57 Å². The molecule has 2 rings (SSSR count). The summed E-state index contributed by atoms with van der Waals surface area (Å²) < 4.78 is 0. The molecule has 2 aliphatic rings.